The summed E-state index contributed by atoms with van der Waals surface area (Å²) in [6.45, 7) is 11.2. The minimum atomic E-state index is -0.291. The van der Waals surface area contributed by atoms with Gasteiger partial charge in [0.05, 0.1) is 22.1 Å². The summed E-state index contributed by atoms with van der Waals surface area (Å²) in [7, 11) is 0. The number of nitrogens with zero attached hydrogens (tertiary/aromatic N) is 4. The summed E-state index contributed by atoms with van der Waals surface area (Å²) in [5.41, 5.74) is 12.3. The van der Waals surface area contributed by atoms with Crippen LogP contribution in [0.1, 0.15) is 64.5 Å². The quantitative estimate of drug-likeness (QED) is 0.144. The molecule has 8 rings (SSSR count). The molecule has 0 bridgehead atoms. The van der Waals surface area contributed by atoms with Gasteiger partial charge in [0.25, 0.3) is 0 Å². The van der Waals surface area contributed by atoms with E-state index in [4.69, 9.17) is 27.6 Å². The molecule has 5 heteroatoms. The van der Waals surface area contributed by atoms with Crippen molar-refractivity contribution in [2.24, 2.45) is 5.92 Å². The summed E-state index contributed by atoms with van der Waals surface area (Å²) in [6.07, 6.45) is 4.90. The van der Waals surface area contributed by atoms with E-state index in [1.165, 1.54) is 27.6 Å². The van der Waals surface area contributed by atoms with Gasteiger partial charge in [0.15, 0.2) is 0 Å². The van der Waals surface area contributed by atoms with E-state index in [0.29, 0.717) is 5.92 Å². The fraction of sp³-hybridized carbons (Fsp3) is 0.229. The van der Waals surface area contributed by atoms with Gasteiger partial charge in [0.2, 0.25) is 0 Å². The molecular weight excluding hydrogens is 665 g/mol. The highest BCUT2D eigenvalue weighted by atomic mass is 32.1. The maximum atomic E-state index is 5.18. The molecule has 3 aromatic heterocycles. The predicted molar refractivity (Wildman–Crippen MR) is 226 cm³/mol. The minimum absolute atomic E-state index is 0.0254. The van der Waals surface area contributed by atoms with Crippen LogP contribution in [0.25, 0.3) is 60.8 Å². The van der Waals surface area contributed by atoms with Gasteiger partial charge in [-0.1, -0.05) is 106 Å². The van der Waals surface area contributed by atoms with Crippen molar-refractivity contribution in [1.82, 2.24) is 19.5 Å². The molecule has 1 unspecified atom stereocenters. The Labute approximate surface area is 318 Å². The van der Waals surface area contributed by atoms with Gasteiger partial charge in [-0.2, -0.15) is 12.6 Å². The van der Waals surface area contributed by atoms with Crippen molar-refractivity contribution in [2.45, 2.75) is 64.0 Å². The number of imidazole rings is 1. The van der Waals surface area contributed by atoms with Crippen molar-refractivity contribution in [3.8, 4) is 27.9 Å². The van der Waals surface area contributed by atoms with Gasteiger partial charge in [-0.3, -0.25) is 14.5 Å². The number of thiol groups is 1. The zero-order valence-electron chi connectivity index (χ0n) is 31.2. The second kappa shape index (κ2) is 13.9. The SMILES string of the molecule is CC(CCC(C)(C)c1ccc2ccccc2n1)Cc1nc2ccccc2n1-c1ccc(-c2cccc(-c3ccc(C(C)(C)S)c4ncccc34)c2)cc1. The molecule has 5 aromatic carbocycles. The summed E-state index contributed by atoms with van der Waals surface area (Å²) < 4.78 is 2.06. The lowest BCUT2D eigenvalue weighted by Gasteiger charge is -2.26. The van der Waals surface area contributed by atoms with Crippen LogP contribution in [-0.2, 0) is 16.6 Å². The highest BCUT2D eigenvalue weighted by molar-refractivity contribution is 7.81. The minimum Gasteiger partial charge on any atom is -0.296 e. The van der Waals surface area contributed by atoms with Crippen LogP contribution in [0, 0.1) is 5.92 Å². The zero-order valence-corrected chi connectivity index (χ0v) is 32.1. The van der Waals surface area contributed by atoms with Crippen molar-refractivity contribution in [3.05, 3.63) is 157 Å². The molecule has 3 heterocycles. The number of aromatic nitrogens is 4. The number of fused-ring (bicyclic) bond motifs is 3. The Hall–Kier alpha value is -5.26. The number of rotatable bonds is 10. The lowest BCUT2D eigenvalue weighted by molar-refractivity contribution is 0.388. The average molecular weight is 711 g/mol. The van der Waals surface area contributed by atoms with E-state index in [1.807, 2.05) is 12.3 Å². The zero-order chi connectivity index (χ0) is 36.7. The van der Waals surface area contributed by atoms with Gasteiger partial charge in [0, 0.05) is 44.9 Å². The van der Waals surface area contributed by atoms with Gasteiger partial charge in [0.1, 0.15) is 5.82 Å². The summed E-state index contributed by atoms with van der Waals surface area (Å²) in [5.74, 6) is 1.55. The molecule has 0 saturated carbocycles. The van der Waals surface area contributed by atoms with E-state index < -0.39 is 0 Å². The number of pyridine rings is 2. The Kier molecular flexibility index (Phi) is 9.16. The average Bonchev–Trinajstić information content (AvgIpc) is 3.53. The molecule has 4 nitrogen and oxygen atoms in total. The molecule has 264 valence electrons. The van der Waals surface area contributed by atoms with Crippen LogP contribution in [0.4, 0.5) is 0 Å². The summed E-state index contributed by atoms with van der Waals surface area (Å²) in [4.78, 5) is 15.0. The van der Waals surface area contributed by atoms with E-state index in [2.05, 4.69) is 167 Å². The van der Waals surface area contributed by atoms with Crippen molar-refractivity contribution >= 4 is 45.5 Å². The molecule has 0 spiro atoms. The molecule has 0 amide bonds. The van der Waals surface area contributed by atoms with E-state index in [0.717, 1.165) is 69.5 Å². The molecule has 0 aliphatic carbocycles. The van der Waals surface area contributed by atoms with E-state index in [-0.39, 0.29) is 10.2 Å². The van der Waals surface area contributed by atoms with Crippen LogP contribution < -0.4 is 0 Å². The summed E-state index contributed by atoms with van der Waals surface area (Å²) in [6, 6.07) is 47.6. The fourth-order valence-corrected chi connectivity index (χ4v) is 7.86. The highest BCUT2D eigenvalue weighted by Crippen LogP contribution is 2.38. The van der Waals surface area contributed by atoms with Crippen molar-refractivity contribution in [3.63, 3.8) is 0 Å². The molecule has 0 saturated heterocycles. The molecule has 0 fully saturated rings. The molecule has 53 heavy (non-hydrogen) atoms. The van der Waals surface area contributed by atoms with Crippen molar-refractivity contribution < 1.29 is 0 Å². The molecule has 1 atom stereocenters. The van der Waals surface area contributed by atoms with Crippen LogP contribution in [0.15, 0.2) is 140 Å². The van der Waals surface area contributed by atoms with Gasteiger partial charge >= 0.3 is 0 Å². The van der Waals surface area contributed by atoms with Crippen molar-refractivity contribution in [1.29, 1.82) is 0 Å². The van der Waals surface area contributed by atoms with Crippen LogP contribution in [-0.4, -0.2) is 19.5 Å². The van der Waals surface area contributed by atoms with Gasteiger partial charge in [-0.05, 0) is 109 Å². The Morgan fingerprint density at radius 1 is 0.679 bits per heavy atom. The first-order valence-corrected chi connectivity index (χ1v) is 19.1. The topological polar surface area (TPSA) is 43.6 Å². The first-order chi connectivity index (χ1) is 25.5. The van der Waals surface area contributed by atoms with Gasteiger partial charge < -0.3 is 0 Å². The number of para-hydroxylation sites is 3. The standard InChI is InChI=1S/C48H46N4S/c1-32(27-28-47(2,3)44-26-21-34-12-6-7-16-41(34)50-44)30-45-51-42-17-8-9-18-43(42)52(45)37-22-19-33(20-23-37)35-13-10-14-36(31-35)38-24-25-40(48(4,5)53)46-39(38)15-11-29-49-46/h6-26,29,31-32,53H,27-28,30H2,1-5H3. The van der Waals surface area contributed by atoms with Gasteiger partial charge in [-0.15, -0.1) is 0 Å². The molecule has 8 aromatic rings. The fourth-order valence-electron chi connectivity index (χ4n) is 7.68. The molecule has 0 radical (unpaired) electrons. The Morgan fingerprint density at radius 2 is 1.43 bits per heavy atom. The van der Waals surface area contributed by atoms with Crippen LogP contribution in [0.5, 0.6) is 0 Å². The monoisotopic (exact) mass is 710 g/mol. The number of benzene rings is 5. The summed E-state index contributed by atoms with van der Waals surface area (Å²) >= 11 is 4.87. The Bertz CT molecular complexity index is 2580. The lowest BCUT2D eigenvalue weighted by Crippen LogP contribution is -2.20. The normalized spacial score (nSPS) is 12.9. The van der Waals surface area contributed by atoms with E-state index in [1.54, 1.807) is 0 Å². The third-order valence-electron chi connectivity index (χ3n) is 10.8. The summed E-state index contributed by atoms with van der Waals surface area (Å²) in [5, 5.41) is 2.33. The van der Waals surface area contributed by atoms with E-state index in [9.17, 15) is 0 Å². The lowest BCUT2D eigenvalue weighted by atomic mass is 9.81. The smallest absolute Gasteiger partial charge is 0.114 e. The first-order valence-electron chi connectivity index (χ1n) is 18.7. The maximum absolute atomic E-state index is 5.18. The Balaban J connectivity index is 1.05. The third kappa shape index (κ3) is 6.98. The van der Waals surface area contributed by atoms with Crippen LogP contribution in [0.2, 0.25) is 0 Å². The maximum Gasteiger partial charge on any atom is 0.114 e. The number of hydrogen-bond acceptors (Lipinski definition) is 4. The largest absolute Gasteiger partial charge is 0.296 e. The third-order valence-corrected chi connectivity index (χ3v) is 11.0. The van der Waals surface area contributed by atoms with Gasteiger partial charge in [-0.25, -0.2) is 4.98 Å². The van der Waals surface area contributed by atoms with Crippen molar-refractivity contribution in [2.75, 3.05) is 0 Å². The Morgan fingerprint density at radius 3 is 2.25 bits per heavy atom. The highest BCUT2D eigenvalue weighted by Gasteiger charge is 2.25. The predicted octanol–water partition coefficient (Wildman–Crippen LogP) is 12.6. The molecule has 0 N–H and O–H groups in total. The second-order valence-corrected chi connectivity index (χ2v) is 16.8. The second-order valence-electron chi connectivity index (χ2n) is 15.7. The molecule has 0 aliphatic heterocycles. The first kappa shape index (κ1) is 34.8. The number of hydrogen-bond donors (Lipinski definition) is 1. The molecular formula is C48H46N4S. The van der Waals surface area contributed by atoms with E-state index >= 15 is 0 Å². The van der Waals surface area contributed by atoms with Crippen LogP contribution >= 0.6 is 12.6 Å². The van der Waals surface area contributed by atoms with Crippen LogP contribution in [0.3, 0.4) is 0 Å². The molecule has 0 aliphatic rings.